The number of ether oxygens (including phenoxy) is 1. The number of likely N-dealkylation sites (tertiary alicyclic amines) is 1. The normalized spacial score (nSPS) is 24.3. The maximum Gasteiger partial charge on any atom is 0.410 e. The van der Waals surface area contributed by atoms with Gasteiger partial charge in [-0.05, 0) is 43.7 Å². The summed E-state index contributed by atoms with van der Waals surface area (Å²) in [6.45, 7) is 6.92. The summed E-state index contributed by atoms with van der Waals surface area (Å²) >= 11 is 0. The lowest BCUT2D eigenvalue weighted by Gasteiger charge is -2.26. The second-order valence-electron chi connectivity index (χ2n) is 8.27. The Hall–Kier alpha value is -2.56. The van der Waals surface area contributed by atoms with Crippen LogP contribution in [-0.2, 0) is 4.74 Å². The van der Waals surface area contributed by atoms with Gasteiger partial charge in [-0.25, -0.2) is 4.79 Å². The number of carbonyl (C=O) groups is 2. The van der Waals surface area contributed by atoms with Crippen LogP contribution in [0.1, 0.15) is 31.1 Å². The molecular formula is C21H24N2O3. The summed E-state index contributed by atoms with van der Waals surface area (Å²) in [4.78, 5) is 26.4. The third-order valence-electron chi connectivity index (χ3n) is 5.16. The molecule has 0 radical (unpaired) electrons. The van der Waals surface area contributed by atoms with Crippen LogP contribution in [-0.4, -0.2) is 41.6 Å². The predicted molar refractivity (Wildman–Crippen MR) is 100.0 cm³/mol. The number of fused-ring (bicyclic) bond motifs is 2. The van der Waals surface area contributed by atoms with Crippen LogP contribution in [0.15, 0.2) is 42.5 Å². The Morgan fingerprint density at radius 3 is 2.35 bits per heavy atom. The molecule has 2 unspecified atom stereocenters. The third-order valence-corrected chi connectivity index (χ3v) is 5.16. The number of hydrogen-bond donors (Lipinski definition) is 1. The zero-order valence-corrected chi connectivity index (χ0v) is 15.4. The van der Waals surface area contributed by atoms with E-state index in [9.17, 15) is 9.59 Å². The first-order chi connectivity index (χ1) is 12.3. The molecule has 5 heteroatoms. The second-order valence-corrected chi connectivity index (χ2v) is 8.27. The molecule has 1 saturated heterocycles. The van der Waals surface area contributed by atoms with E-state index in [1.54, 1.807) is 4.90 Å². The largest absolute Gasteiger partial charge is 0.444 e. The SMILES string of the molecule is CC(C)(C)OC(=O)N1CC2C(C1)C2NC(=O)c1ccc2ccccc2c1. The summed E-state index contributed by atoms with van der Waals surface area (Å²) in [7, 11) is 0. The standard InChI is InChI=1S/C21H24N2O3/c1-21(2,3)26-20(25)23-11-16-17(12-23)18(16)22-19(24)15-9-8-13-6-4-5-7-14(13)10-15/h4-10,16-18H,11-12H2,1-3H3,(H,22,24). The first-order valence-corrected chi connectivity index (χ1v) is 9.09. The van der Waals surface area contributed by atoms with Crippen molar-refractivity contribution in [1.29, 1.82) is 0 Å². The van der Waals surface area contributed by atoms with Crippen LogP contribution in [0.3, 0.4) is 0 Å². The van der Waals surface area contributed by atoms with Crippen LogP contribution >= 0.6 is 0 Å². The molecule has 2 aromatic rings. The molecule has 2 aromatic carbocycles. The second kappa shape index (κ2) is 6.01. The molecule has 1 N–H and O–H groups in total. The summed E-state index contributed by atoms with van der Waals surface area (Å²) in [5.41, 5.74) is 0.200. The first-order valence-electron chi connectivity index (χ1n) is 9.09. The van der Waals surface area contributed by atoms with E-state index < -0.39 is 5.60 Å². The molecule has 2 fully saturated rings. The molecule has 2 atom stereocenters. The van der Waals surface area contributed by atoms with Crippen molar-refractivity contribution in [3.05, 3.63) is 48.0 Å². The smallest absolute Gasteiger partial charge is 0.410 e. The Morgan fingerprint density at radius 1 is 1.04 bits per heavy atom. The lowest BCUT2D eigenvalue weighted by atomic mass is 10.1. The fourth-order valence-electron chi connectivity index (χ4n) is 3.78. The van der Waals surface area contributed by atoms with Gasteiger partial charge in [0.15, 0.2) is 0 Å². The van der Waals surface area contributed by atoms with Gasteiger partial charge in [0.25, 0.3) is 5.91 Å². The molecular weight excluding hydrogens is 328 g/mol. The van der Waals surface area contributed by atoms with Crippen molar-refractivity contribution in [3.8, 4) is 0 Å². The lowest BCUT2D eigenvalue weighted by molar-refractivity contribution is 0.0270. The Kier molecular flexibility index (Phi) is 3.90. The quantitative estimate of drug-likeness (QED) is 0.901. The van der Waals surface area contributed by atoms with E-state index in [4.69, 9.17) is 4.74 Å². The van der Waals surface area contributed by atoms with E-state index in [0.717, 1.165) is 10.8 Å². The molecule has 0 bridgehead atoms. The molecule has 0 spiro atoms. The molecule has 4 rings (SSSR count). The molecule has 136 valence electrons. The average molecular weight is 352 g/mol. The molecule has 26 heavy (non-hydrogen) atoms. The van der Waals surface area contributed by atoms with E-state index in [1.807, 2.05) is 63.2 Å². The first kappa shape index (κ1) is 16.9. The molecule has 1 aliphatic heterocycles. The Bertz CT molecular complexity index is 859. The maximum absolute atomic E-state index is 12.6. The number of rotatable bonds is 2. The monoisotopic (exact) mass is 352 g/mol. The van der Waals surface area contributed by atoms with E-state index in [-0.39, 0.29) is 18.0 Å². The highest BCUT2D eigenvalue weighted by atomic mass is 16.6. The third kappa shape index (κ3) is 3.26. The number of benzene rings is 2. The highest BCUT2D eigenvalue weighted by molar-refractivity contribution is 5.98. The molecule has 2 aliphatic rings. The minimum atomic E-state index is -0.479. The minimum absolute atomic E-state index is 0.0426. The molecule has 1 heterocycles. The van der Waals surface area contributed by atoms with Crippen molar-refractivity contribution in [2.24, 2.45) is 11.8 Å². The van der Waals surface area contributed by atoms with E-state index >= 15 is 0 Å². The predicted octanol–water partition coefficient (Wildman–Crippen LogP) is 3.43. The summed E-state index contributed by atoms with van der Waals surface area (Å²) in [5, 5.41) is 5.31. The fraction of sp³-hybridized carbons (Fsp3) is 0.429. The highest BCUT2D eigenvalue weighted by Crippen LogP contribution is 2.45. The van der Waals surface area contributed by atoms with Gasteiger partial charge in [-0.3, -0.25) is 4.79 Å². The zero-order chi connectivity index (χ0) is 18.5. The summed E-state index contributed by atoms with van der Waals surface area (Å²) in [6.07, 6.45) is -0.260. The van der Waals surface area contributed by atoms with Crippen LogP contribution in [0, 0.1) is 11.8 Å². The maximum atomic E-state index is 12.6. The number of amides is 2. The molecule has 2 amide bonds. The van der Waals surface area contributed by atoms with Gasteiger partial charge in [-0.15, -0.1) is 0 Å². The van der Waals surface area contributed by atoms with E-state index in [0.29, 0.717) is 30.5 Å². The summed E-state index contributed by atoms with van der Waals surface area (Å²) in [5.74, 6) is 0.637. The van der Waals surface area contributed by atoms with Gasteiger partial charge in [-0.2, -0.15) is 0 Å². The number of carbonyl (C=O) groups excluding carboxylic acids is 2. The molecule has 5 nitrogen and oxygen atoms in total. The molecule has 0 aromatic heterocycles. The molecule has 1 saturated carbocycles. The molecule has 1 aliphatic carbocycles. The Morgan fingerprint density at radius 2 is 1.69 bits per heavy atom. The topological polar surface area (TPSA) is 58.6 Å². The van der Waals surface area contributed by atoms with Gasteiger partial charge in [0.2, 0.25) is 0 Å². The minimum Gasteiger partial charge on any atom is -0.444 e. The van der Waals surface area contributed by atoms with Gasteiger partial charge in [0.05, 0.1) is 0 Å². The number of nitrogens with zero attached hydrogens (tertiary/aromatic N) is 1. The average Bonchev–Trinajstić information content (AvgIpc) is 3.03. The van der Waals surface area contributed by atoms with Crippen molar-refractivity contribution in [2.75, 3.05) is 13.1 Å². The van der Waals surface area contributed by atoms with Crippen molar-refractivity contribution in [2.45, 2.75) is 32.4 Å². The van der Waals surface area contributed by atoms with Crippen molar-refractivity contribution in [3.63, 3.8) is 0 Å². The van der Waals surface area contributed by atoms with Crippen molar-refractivity contribution >= 4 is 22.8 Å². The van der Waals surface area contributed by atoms with Crippen molar-refractivity contribution < 1.29 is 14.3 Å². The fourth-order valence-corrected chi connectivity index (χ4v) is 3.78. The van der Waals surface area contributed by atoms with E-state index in [1.165, 1.54) is 0 Å². The van der Waals surface area contributed by atoms with Crippen LogP contribution < -0.4 is 5.32 Å². The van der Waals surface area contributed by atoms with Crippen molar-refractivity contribution in [1.82, 2.24) is 10.2 Å². The van der Waals surface area contributed by atoms with Crippen LogP contribution in [0.4, 0.5) is 4.79 Å². The van der Waals surface area contributed by atoms with Gasteiger partial charge in [0.1, 0.15) is 5.60 Å². The van der Waals surface area contributed by atoms with Gasteiger partial charge in [-0.1, -0.05) is 30.3 Å². The van der Waals surface area contributed by atoms with Gasteiger partial charge in [0, 0.05) is 36.5 Å². The highest BCUT2D eigenvalue weighted by Gasteiger charge is 2.57. The van der Waals surface area contributed by atoms with Crippen LogP contribution in [0.5, 0.6) is 0 Å². The Balaban J connectivity index is 1.34. The van der Waals surface area contributed by atoms with Gasteiger partial charge >= 0.3 is 6.09 Å². The summed E-state index contributed by atoms with van der Waals surface area (Å²) < 4.78 is 5.42. The zero-order valence-electron chi connectivity index (χ0n) is 15.4. The van der Waals surface area contributed by atoms with Crippen LogP contribution in [0.25, 0.3) is 10.8 Å². The Labute approximate surface area is 153 Å². The number of nitrogens with one attached hydrogen (secondary N) is 1. The number of piperidine rings is 1. The summed E-state index contributed by atoms with van der Waals surface area (Å²) in [6, 6.07) is 13.9. The number of hydrogen-bond acceptors (Lipinski definition) is 3. The van der Waals surface area contributed by atoms with Gasteiger partial charge < -0.3 is 15.0 Å². The lowest BCUT2D eigenvalue weighted by Crippen LogP contribution is -2.40. The van der Waals surface area contributed by atoms with E-state index in [2.05, 4.69) is 5.32 Å². The van der Waals surface area contributed by atoms with Crippen LogP contribution in [0.2, 0.25) is 0 Å².